The third kappa shape index (κ3) is 4.34. The van der Waals surface area contributed by atoms with Crippen molar-refractivity contribution in [2.24, 2.45) is 0 Å². The van der Waals surface area contributed by atoms with E-state index >= 15 is 0 Å². The van der Waals surface area contributed by atoms with Crippen LogP contribution in [0.3, 0.4) is 0 Å². The first-order valence-corrected chi connectivity index (χ1v) is 6.64. The average Bonchev–Trinajstić information content (AvgIpc) is 2.45. The molecule has 0 saturated carbocycles. The first kappa shape index (κ1) is 16.7. The lowest BCUT2D eigenvalue weighted by Crippen LogP contribution is -2.34. The van der Waals surface area contributed by atoms with Crippen LogP contribution in [-0.4, -0.2) is 14.1 Å². The Morgan fingerprint density at radius 2 is 1.70 bits per heavy atom. The van der Waals surface area contributed by atoms with Gasteiger partial charge >= 0.3 is 0 Å². The zero-order chi connectivity index (χ0) is 13.7. The van der Waals surface area contributed by atoms with Crippen molar-refractivity contribution in [1.29, 1.82) is 0 Å². The molecule has 0 amide bonds. The molecule has 1 heterocycles. The van der Waals surface area contributed by atoms with Gasteiger partial charge in [0, 0.05) is 38.0 Å². The number of benzene rings is 1. The maximum atomic E-state index is 2.23. The lowest BCUT2D eigenvalue weighted by Gasteiger charge is -2.11. The minimum absolute atomic E-state index is 0. The summed E-state index contributed by atoms with van der Waals surface area (Å²) >= 11 is 0. The second kappa shape index (κ2) is 8.04. The Hall–Kier alpha value is -1.36. The molecule has 0 N–H and O–H groups in total. The summed E-state index contributed by atoms with van der Waals surface area (Å²) in [6.07, 6.45) is 6.42. The van der Waals surface area contributed by atoms with Crippen molar-refractivity contribution in [3.05, 3.63) is 59.9 Å². The molecular weight excluding hydrogens is 359 g/mol. The largest absolute Gasteiger partial charge is 0.378 e. The van der Waals surface area contributed by atoms with Crippen molar-refractivity contribution in [3.63, 3.8) is 0 Å². The summed E-state index contributed by atoms with van der Waals surface area (Å²) < 4.78 is 2.23. The molecule has 0 aliphatic rings. The lowest BCUT2D eigenvalue weighted by molar-refractivity contribution is -0.695. The van der Waals surface area contributed by atoms with Gasteiger partial charge in [0.25, 0.3) is 0 Å². The van der Waals surface area contributed by atoms with Crippen LogP contribution >= 0.6 is 24.0 Å². The molecule has 0 fully saturated rings. The van der Waals surface area contributed by atoms with E-state index < -0.39 is 0 Å². The van der Waals surface area contributed by atoms with Crippen LogP contribution in [0.2, 0.25) is 0 Å². The monoisotopic (exact) mass is 381 g/mol. The number of halogens is 1. The number of pyridine rings is 1. The minimum atomic E-state index is 0. The predicted octanol–water partition coefficient (Wildman–Crippen LogP) is 3.85. The SMILES string of the molecule is CC[n+]1ccccc1/C=C\c1ccc(N(C)C)cc1.I. The molecule has 3 heteroatoms. The van der Waals surface area contributed by atoms with Gasteiger partial charge in [-0.3, -0.25) is 0 Å². The maximum Gasteiger partial charge on any atom is 0.205 e. The van der Waals surface area contributed by atoms with E-state index in [0.717, 1.165) is 6.54 Å². The predicted molar refractivity (Wildman–Crippen MR) is 97.4 cm³/mol. The fourth-order valence-corrected chi connectivity index (χ4v) is 1.99. The summed E-state index contributed by atoms with van der Waals surface area (Å²) in [7, 11) is 4.11. The second-order valence-electron chi connectivity index (χ2n) is 4.73. The summed E-state index contributed by atoms with van der Waals surface area (Å²) in [5, 5.41) is 0. The number of rotatable bonds is 4. The van der Waals surface area contributed by atoms with Crippen LogP contribution in [-0.2, 0) is 6.54 Å². The van der Waals surface area contributed by atoms with Crippen LogP contribution in [0, 0.1) is 0 Å². The van der Waals surface area contributed by atoms with Gasteiger partial charge in [0.05, 0.1) is 0 Å². The molecule has 2 nitrogen and oxygen atoms in total. The number of nitrogens with zero attached hydrogens (tertiary/aromatic N) is 2. The number of aromatic nitrogens is 1. The van der Waals surface area contributed by atoms with Crippen LogP contribution in [0.4, 0.5) is 5.69 Å². The fourth-order valence-electron chi connectivity index (χ4n) is 1.99. The third-order valence-electron chi connectivity index (χ3n) is 3.17. The molecule has 0 radical (unpaired) electrons. The first-order valence-electron chi connectivity index (χ1n) is 6.64. The van der Waals surface area contributed by atoms with E-state index in [9.17, 15) is 0 Å². The van der Waals surface area contributed by atoms with E-state index in [4.69, 9.17) is 0 Å². The molecule has 0 aliphatic carbocycles. The quantitative estimate of drug-likeness (QED) is 0.577. The van der Waals surface area contributed by atoms with Crippen molar-refractivity contribution in [3.8, 4) is 0 Å². The van der Waals surface area contributed by atoms with E-state index in [-0.39, 0.29) is 24.0 Å². The van der Waals surface area contributed by atoms with Gasteiger partial charge in [0.15, 0.2) is 6.20 Å². The van der Waals surface area contributed by atoms with Crippen molar-refractivity contribution < 1.29 is 4.57 Å². The van der Waals surface area contributed by atoms with Gasteiger partial charge in [0.2, 0.25) is 5.69 Å². The molecule has 0 aliphatic heterocycles. The van der Waals surface area contributed by atoms with Crippen LogP contribution < -0.4 is 9.47 Å². The van der Waals surface area contributed by atoms with Gasteiger partial charge in [-0.05, 0) is 36.8 Å². The zero-order valence-corrected chi connectivity index (χ0v) is 14.6. The summed E-state index contributed by atoms with van der Waals surface area (Å²) in [5.41, 5.74) is 3.67. The number of aryl methyl sites for hydroxylation is 1. The normalized spacial score (nSPS) is 10.3. The molecule has 1 aromatic heterocycles. The van der Waals surface area contributed by atoms with Crippen LogP contribution in [0.25, 0.3) is 12.2 Å². The molecule has 0 atom stereocenters. The molecule has 0 saturated heterocycles. The highest BCUT2D eigenvalue weighted by atomic mass is 127. The Labute approximate surface area is 138 Å². The Morgan fingerprint density at radius 3 is 2.30 bits per heavy atom. The highest BCUT2D eigenvalue weighted by Crippen LogP contribution is 2.13. The van der Waals surface area contributed by atoms with E-state index in [1.807, 2.05) is 0 Å². The molecule has 1 aromatic carbocycles. The number of hydrogen-bond acceptors (Lipinski definition) is 1. The molecule has 0 unspecified atom stereocenters. The van der Waals surface area contributed by atoms with E-state index in [1.54, 1.807) is 0 Å². The standard InChI is InChI=1S/C17H21N2.HI/c1-4-19-14-6-5-7-17(19)13-10-15-8-11-16(12-9-15)18(2)3;/h5-14H,4H2,1-3H3;1H/q+1;. The Balaban J connectivity index is 0.00000200. The van der Waals surface area contributed by atoms with E-state index in [2.05, 4.69) is 91.3 Å². The highest BCUT2D eigenvalue weighted by molar-refractivity contribution is 14.0. The number of anilines is 1. The van der Waals surface area contributed by atoms with Crippen molar-refractivity contribution in [1.82, 2.24) is 0 Å². The molecule has 0 bridgehead atoms. The molecule has 20 heavy (non-hydrogen) atoms. The lowest BCUT2D eigenvalue weighted by atomic mass is 10.1. The highest BCUT2D eigenvalue weighted by Gasteiger charge is 2.02. The molecule has 2 aromatic rings. The third-order valence-corrected chi connectivity index (χ3v) is 3.17. The molecule has 2 rings (SSSR count). The summed E-state index contributed by atoms with van der Waals surface area (Å²) in [6, 6.07) is 14.8. The van der Waals surface area contributed by atoms with Crippen molar-refractivity contribution in [2.75, 3.05) is 19.0 Å². The minimum Gasteiger partial charge on any atom is -0.378 e. The van der Waals surface area contributed by atoms with Gasteiger partial charge < -0.3 is 4.90 Å². The molecule has 106 valence electrons. The first-order chi connectivity index (χ1) is 9.20. The smallest absolute Gasteiger partial charge is 0.205 e. The Kier molecular flexibility index (Phi) is 6.71. The van der Waals surface area contributed by atoms with Gasteiger partial charge in [-0.25, -0.2) is 0 Å². The van der Waals surface area contributed by atoms with Gasteiger partial charge in [-0.15, -0.1) is 24.0 Å². The molecular formula is C17H22IN2+. The topological polar surface area (TPSA) is 7.12 Å². The van der Waals surface area contributed by atoms with Crippen molar-refractivity contribution >= 4 is 41.8 Å². The van der Waals surface area contributed by atoms with Gasteiger partial charge in [-0.1, -0.05) is 12.1 Å². The van der Waals surface area contributed by atoms with Gasteiger partial charge in [0.1, 0.15) is 6.54 Å². The Bertz CT molecular complexity index is 559. The number of hydrogen-bond donors (Lipinski definition) is 0. The average molecular weight is 381 g/mol. The molecule has 0 spiro atoms. The maximum absolute atomic E-state index is 2.23. The van der Waals surface area contributed by atoms with Crippen LogP contribution in [0.15, 0.2) is 48.7 Å². The Morgan fingerprint density at radius 1 is 1.00 bits per heavy atom. The van der Waals surface area contributed by atoms with Gasteiger partial charge in [-0.2, -0.15) is 4.57 Å². The van der Waals surface area contributed by atoms with Crippen LogP contribution in [0.5, 0.6) is 0 Å². The van der Waals surface area contributed by atoms with E-state index in [0.29, 0.717) is 0 Å². The van der Waals surface area contributed by atoms with E-state index in [1.165, 1.54) is 16.9 Å². The summed E-state index contributed by atoms with van der Waals surface area (Å²) in [6.45, 7) is 3.14. The zero-order valence-electron chi connectivity index (χ0n) is 12.3. The fraction of sp³-hybridized carbons (Fsp3) is 0.235. The van der Waals surface area contributed by atoms with Crippen LogP contribution in [0.1, 0.15) is 18.2 Å². The summed E-state index contributed by atoms with van der Waals surface area (Å²) in [5.74, 6) is 0. The van der Waals surface area contributed by atoms with Crippen molar-refractivity contribution in [2.45, 2.75) is 13.5 Å². The summed E-state index contributed by atoms with van der Waals surface area (Å²) in [4.78, 5) is 2.11. The second-order valence-corrected chi connectivity index (χ2v) is 4.73.